The minimum absolute atomic E-state index is 0.102. The van der Waals surface area contributed by atoms with Gasteiger partial charge in [0.1, 0.15) is 5.60 Å². The van der Waals surface area contributed by atoms with E-state index in [4.69, 9.17) is 4.74 Å². The molecule has 1 saturated carbocycles. The van der Waals surface area contributed by atoms with Crippen LogP contribution >= 0.6 is 0 Å². The van der Waals surface area contributed by atoms with Gasteiger partial charge in [-0.15, -0.1) is 0 Å². The van der Waals surface area contributed by atoms with Crippen molar-refractivity contribution in [1.29, 1.82) is 0 Å². The van der Waals surface area contributed by atoms with Gasteiger partial charge in [-0.3, -0.25) is 0 Å². The molecule has 0 radical (unpaired) electrons. The number of hydrogen-bond acceptors (Lipinski definition) is 4. The zero-order valence-electron chi connectivity index (χ0n) is 14.1. The first-order chi connectivity index (χ1) is 9.85. The second-order valence-corrected chi connectivity index (χ2v) is 7.42. The van der Waals surface area contributed by atoms with Gasteiger partial charge in [-0.2, -0.15) is 0 Å². The molecule has 0 aromatic carbocycles. The molecule has 1 heterocycles. The van der Waals surface area contributed by atoms with Crippen LogP contribution in [-0.2, 0) is 16.9 Å². The fourth-order valence-corrected chi connectivity index (χ4v) is 3.03. The van der Waals surface area contributed by atoms with Crippen LogP contribution in [0.1, 0.15) is 64.8 Å². The molecule has 1 aromatic heterocycles. The van der Waals surface area contributed by atoms with Crippen LogP contribution in [0.25, 0.3) is 0 Å². The zero-order valence-corrected chi connectivity index (χ0v) is 14.1. The lowest BCUT2D eigenvalue weighted by Crippen LogP contribution is -2.37. The number of aromatic nitrogens is 2. The van der Waals surface area contributed by atoms with Crippen molar-refractivity contribution in [1.82, 2.24) is 15.3 Å². The van der Waals surface area contributed by atoms with Crippen molar-refractivity contribution in [3.05, 3.63) is 23.8 Å². The predicted molar refractivity (Wildman–Crippen MR) is 84.9 cm³/mol. The van der Waals surface area contributed by atoms with E-state index in [0.29, 0.717) is 5.92 Å². The molecule has 0 amide bonds. The Bertz CT molecular complexity index is 452. The molecule has 0 saturated heterocycles. The molecule has 1 aliphatic rings. The van der Waals surface area contributed by atoms with Crippen molar-refractivity contribution in [3.63, 3.8) is 0 Å². The van der Waals surface area contributed by atoms with Gasteiger partial charge in [0, 0.05) is 37.2 Å². The number of hydrogen-bond donors (Lipinski definition) is 1. The van der Waals surface area contributed by atoms with Crippen molar-refractivity contribution in [2.45, 2.75) is 71.1 Å². The fourth-order valence-electron chi connectivity index (χ4n) is 3.03. The smallest absolute Gasteiger partial charge is 0.160 e. The van der Waals surface area contributed by atoms with E-state index in [1.54, 1.807) is 7.11 Å². The number of ether oxygens (including phenoxy) is 1. The lowest BCUT2D eigenvalue weighted by atomic mass is 9.78. The van der Waals surface area contributed by atoms with Gasteiger partial charge in [-0.05, 0) is 46.0 Å². The molecule has 21 heavy (non-hydrogen) atoms. The maximum absolute atomic E-state index is 5.85. The highest BCUT2D eigenvalue weighted by Gasteiger charge is 2.39. The highest BCUT2D eigenvalue weighted by Crippen LogP contribution is 2.40. The fraction of sp³-hybridized carbons (Fsp3) is 0.765. The van der Waals surface area contributed by atoms with E-state index in [0.717, 1.165) is 30.8 Å². The topological polar surface area (TPSA) is 47.0 Å². The van der Waals surface area contributed by atoms with E-state index in [9.17, 15) is 0 Å². The molecule has 118 valence electrons. The molecule has 0 aliphatic heterocycles. The number of methoxy groups -OCH3 is 1. The van der Waals surface area contributed by atoms with Crippen molar-refractivity contribution in [2.75, 3.05) is 7.11 Å². The van der Waals surface area contributed by atoms with E-state index in [-0.39, 0.29) is 11.1 Å². The highest BCUT2D eigenvalue weighted by atomic mass is 16.5. The third-order valence-corrected chi connectivity index (χ3v) is 4.28. The van der Waals surface area contributed by atoms with Crippen LogP contribution in [0.3, 0.4) is 0 Å². The van der Waals surface area contributed by atoms with Crippen LogP contribution < -0.4 is 5.32 Å². The lowest BCUT2D eigenvalue weighted by molar-refractivity contribution is -0.0646. The average molecular weight is 291 g/mol. The predicted octanol–water partition coefficient (Wildman–Crippen LogP) is 3.42. The molecule has 1 N–H and O–H groups in total. The number of nitrogens with one attached hydrogen (secondary N) is 1. The Hall–Kier alpha value is -1.00. The SMILES string of the molecule is COC1(c2ncc(CNC(C)(C)C)cn2)CCCC(C)C1. The molecule has 1 aliphatic carbocycles. The van der Waals surface area contributed by atoms with Gasteiger partial charge >= 0.3 is 0 Å². The molecule has 1 fully saturated rings. The minimum Gasteiger partial charge on any atom is -0.370 e. The summed E-state index contributed by atoms with van der Waals surface area (Å²) in [6.07, 6.45) is 8.36. The summed E-state index contributed by atoms with van der Waals surface area (Å²) < 4.78 is 5.85. The summed E-state index contributed by atoms with van der Waals surface area (Å²) in [5, 5.41) is 3.46. The summed E-state index contributed by atoms with van der Waals surface area (Å²) in [5.41, 5.74) is 0.933. The Kier molecular flexibility index (Phi) is 4.99. The van der Waals surface area contributed by atoms with E-state index in [2.05, 4.69) is 43.0 Å². The third kappa shape index (κ3) is 4.24. The third-order valence-electron chi connectivity index (χ3n) is 4.28. The normalized spacial score (nSPS) is 26.8. The van der Waals surface area contributed by atoms with E-state index >= 15 is 0 Å². The summed E-state index contributed by atoms with van der Waals surface area (Å²) in [5.74, 6) is 1.51. The highest BCUT2D eigenvalue weighted by molar-refractivity contribution is 5.11. The van der Waals surface area contributed by atoms with Crippen molar-refractivity contribution < 1.29 is 4.74 Å². The van der Waals surface area contributed by atoms with E-state index < -0.39 is 0 Å². The largest absolute Gasteiger partial charge is 0.370 e. The van der Waals surface area contributed by atoms with Crippen LogP contribution in [0.4, 0.5) is 0 Å². The second-order valence-electron chi connectivity index (χ2n) is 7.42. The first kappa shape index (κ1) is 16.4. The van der Waals surface area contributed by atoms with E-state index in [1.165, 1.54) is 12.8 Å². The van der Waals surface area contributed by atoms with Crippen LogP contribution in [0.15, 0.2) is 12.4 Å². The Morgan fingerprint density at radius 2 is 2.00 bits per heavy atom. The molecule has 4 nitrogen and oxygen atoms in total. The van der Waals surface area contributed by atoms with Crippen LogP contribution in [0.5, 0.6) is 0 Å². The van der Waals surface area contributed by atoms with Crippen LogP contribution in [-0.4, -0.2) is 22.6 Å². The van der Waals surface area contributed by atoms with Crippen molar-refractivity contribution in [3.8, 4) is 0 Å². The molecule has 2 atom stereocenters. The van der Waals surface area contributed by atoms with Gasteiger partial charge < -0.3 is 10.1 Å². The number of rotatable bonds is 4. The van der Waals surface area contributed by atoms with Crippen molar-refractivity contribution >= 4 is 0 Å². The second kappa shape index (κ2) is 6.41. The van der Waals surface area contributed by atoms with Gasteiger partial charge in [-0.25, -0.2) is 9.97 Å². The summed E-state index contributed by atoms with van der Waals surface area (Å²) in [4.78, 5) is 9.21. The summed E-state index contributed by atoms with van der Waals surface area (Å²) >= 11 is 0. The van der Waals surface area contributed by atoms with Crippen LogP contribution in [0, 0.1) is 5.92 Å². The molecular weight excluding hydrogens is 262 g/mol. The molecule has 0 spiro atoms. The zero-order chi connectivity index (χ0) is 15.5. The van der Waals surface area contributed by atoms with Gasteiger partial charge in [0.15, 0.2) is 5.82 Å². The van der Waals surface area contributed by atoms with Gasteiger partial charge in [0.05, 0.1) is 0 Å². The van der Waals surface area contributed by atoms with Gasteiger partial charge in [0.25, 0.3) is 0 Å². The molecular formula is C17H29N3O. The monoisotopic (exact) mass is 291 g/mol. The number of nitrogens with zero attached hydrogens (tertiary/aromatic N) is 2. The Morgan fingerprint density at radius 1 is 1.33 bits per heavy atom. The summed E-state index contributed by atoms with van der Waals surface area (Å²) in [7, 11) is 1.79. The standard InChI is InChI=1S/C17H29N3O/c1-13-7-6-8-17(9-13,21-5)15-18-10-14(11-19-15)12-20-16(2,3)4/h10-11,13,20H,6-9,12H2,1-5H3. The lowest BCUT2D eigenvalue weighted by Gasteiger charge is -2.37. The Morgan fingerprint density at radius 3 is 2.52 bits per heavy atom. The molecule has 0 bridgehead atoms. The Labute approximate surface area is 128 Å². The quantitative estimate of drug-likeness (QED) is 0.923. The average Bonchev–Trinajstić information content (AvgIpc) is 2.45. The first-order valence-electron chi connectivity index (χ1n) is 7.96. The molecule has 4 heteroatoms. The van der Waals surface area contributed by atoms with Gasteiger partial charge in [-0.1, -0.05) is 13.3 Å². The molecule has 1 aromatic rings. The maximum atomic E-state index is 5.85. The molecule has 2 unspecified atom stereocenters. The van der Waals surface area contributed by atoms with Crippen molar-refractivity contribution in [2.24, 2.45) is 5.92 Å². The van der Waals surface area contributed by atoms with E-state index in [1.807, 2.05) is 12.4 Å². The molecule has 2 rings (SSSR count). The van der Waals surface area contributed by atoms with Crippen LogP contribution in [0.2, 0.25) is 0 Å². The summed E-state index contributed by atoms with van der Waals surface area (Å²) in [6, 6.07) is 0. The minimum atomic E-state index is -0.284. The first-order valence-corrected chi connectivity index (χ1v) is 7.96. The summed E-state index contributed by atoms with van der Waals surface area (Å²) in [6.45, 7) is 9.55. The van der Waals surface area contributed by atoms with Gasteiger partial charge in [0.2, 0.25) is 0 Å². The Balaban J connectivity index is 2.10. The maximum Gasteiger partial charge on any atom is 0.160 e.